The second-order valence-corrected chi connectivity index (χ2v) is 8.54. The van der Waals surface area contributed by atoms with Gasteiger partial charge in [0.15, 0.2) is 11.0 Å². The van der Waals surface area contributed by atoms with E-state index in [9.17, 15) is 9.59 Å². The number of rotatable bonds is 6. The molecule has 0 spiro atoms. The van der Waals surface area contributed by atoms with E-state index in [4.69, 9.17) is 11.6 Å². The molecule has 1 amide bonds. The van der Waals surface area contributed by atoms with Gasteiger partial charge < -0.3 is 15.3 Å². The number of carbonyl (C=O) groups is 1. The van der Waals surface area contributed by atoms with E-state index in [-0.39, 0.29) is 17.3 Å². The fraction of sp³-hybridized carbons (Fsp3) is 0.0435. The Balaban J connectivity index is 1.37. The number of benzene rings is 3. The number of aromatic nitrogens is 5. The standard InChI is InChI=1S/C23H17ClN6O2S/c24-15-8-6-14(7-9-15)21-28-29-23(30(21)17-4-2-1-3-5-17)33-13-20(31)25-16-10-11-18-19(12-16)27-22(32)26-18/h1-12H,13H2,(H,25,31)(H2,26,27,32). The van der Waals surface area contributed by atoms with Crippen LogP contribution in [0.2, 0.25) is 5.02 Å². The van der Waals surface area contributed by atoms with Crippen molar-refractivity contribution in [1.82, 2.24) is 24.7 Å². The zero-order chi connectivity index (χ0) is 22.8. The van der Waals surface area contributed by atoms with E-state index in [1.165, 1.54) is 11.8 Å². The molecule has 0 radical (unpaired) electrons. The largest absolute Gasteiger partial charge is 0.325 e. The molecule has 0 aliphatic rings. The van der Waals surface area contributed by atoms with Crippen LogP contribution in [0, 0.1) is 0 Å². The predicted octanol–water partition coefficient (Wildman–Crippen LogP) is 4.49. The van der Waals surface area contributed by atoms with Crippen molar-refractivity contribution in [3.8, 4) is 17.1 Å². The highest BCUT2D eigenvalue weighted by molar-refractivity contribution is 7.99. The topological polar surface area (TPSA) is 108 Å². The summed E-state index contributed by atoms with van der Waals surface area (Å²) in [6.07, 6.45) is 0. The maximum Gasteiger partial charge on any atom is 0.323 e. The summed E-state index contributed by atoms with van der Waals surface area (Å²) in [5, 5.41) is 12.8. The minimum absolute atomic E-state index is 0.132. The number of nitrogens with one attached hydrogen (secondary N) is 3. The van der Waals surface area contributed by atoms with Gasteiger partial charge in [-0.1, -0.05) is 41.6 Å². The Morgan fingerprint density at radius 3 is 2.52 bits per heavy atom. The van der Waals surface area contributed by atoms with Crippen molar-refractivity contribution in [2.45, 2.75) is 5.16 Å². The van der Waals surface area contributed by atoms with Gasteiger partial charge in [0, 0.05) is 22.0 Å². The van der Waals surface area contributed by atoms with Gasteiger partial charge in [0.1, 0.15) is 0 Å². The number of hydrogen-bond donors (Lipinski definition) is 3. The number of nitrogens with zero attached hydrogens (tertiary/aromatic N) is 3. The molecule has 0 saturated carbocycles. The molecule has 33 heavy (non-hydrogen) atoms. The molecular weight excluding hydrogens is 460 g/mol. The number of fused-ring (bicyclic) bond motifs is 1. The smallest absolute Gasteiger partial charge is 0.323 e. The van der Waals surface area contributed by atoms with Crippen LogP contribution in [-0.4, -0.2) is 36.4 Å². The van der Waals surface area contributed by atoms with E-state index < -0.39 is 0 Å². The van der Waals surface area contributed by atoms with Gasteiger partial charge in [-0.25, -0.2) is 4.79 Å². The molecule has 3 N–H and O–H groups in total. The molecule has 3 aromatic carbocycles. The van der Waals surface area contributed by atoms with Crippen LogP contribution in [0.15, 0.2) is 82.7 Å². The van der Waals surface area contributed by atoms with Gasteiger partial charge >= 0.3 is 5.69 Å². The third-order valence-electron chi connectivity index (χ3n) is 4.88. The number of aromatic amines is 2. The quantitative estimate of drug-likeness (QED) is 0.313. The van der Waals surface area contributed by atoms with Crippen LogP contribution in [-0.2, 0) is 4.79 Å². The van der Waals surface area contributed by atoms with E-state index in [1.807, 2.05) is 47.0 Å². The molecule has 8 nitrogen and oxygen atoms in total. The Labute approximate surface area is 197 Å². The summed E-state index contributed by atoms with van der Waals surface area (Å²) >= 11 is 7.32. The molecule has 5 aromatic rings. The zero-order valence-corrected chi connectivity index (χ0v) is 18.7. The Kier molecular flexibility index (Phi) is 5.72. The summed E-state index contributed by atoms with van der Waals surface area (Å²) in [6, 6.07) is 22.3. The van der Waals surface area contributed by atoms with Gasteiger partial charge in [-0.3, -0.25) is 9.36 Å². The van der Waals surface area contributed by atoms with E-state index in [0.29, 0.717) is 32.7 Å². The van der Waals surface area contributed by atoms with Gasteiger partial charge in [0.05, 0.1) is 16.8 Å². The molecule has 0 fully saturated rings. The molecule has 0 saturated heterocycles. The Hall–Kier alpha value is -3.82. The lowest BCUT2D eigenvalue weighted by molar-refractivity contribution is -0.113. The Bertz CT molecular complexity index is 1490. The molecule has 164 valence electrons. The highest BCUT2D eigenvalue weighted by atomic mass is 35.5. The van der Waals surface area contributed by atoms with Crippen molar-refractivity contribution >= 4 is 46.0 Å². The number of amides is 1. The van der Waals surface area contributed by atoms with Crippen LogP contribution in [0.25, 0.3) is 28.1 Å². The lowest BCUT2D eigenvalue weighted by Crippen LogP contribution is -2.14. The van der Waals surface area contributed by atoms with E-state index >= 15 is 0 Å². The molecule has 5 rings (SSSR count). The number of anilines is 1. The van der Waals surface area contributed by atoms with E-state index in [0.717, 1.165) is 11.3 Å². The van der Waals surface area contributed by atoms with Gasteiger partial charge in [-0.15, -0.1) is 10.2 Å². The number of H-pyrrole nitrogens is 2. The van der Waals surface area contributed by atoms with Crippen LogP contribution in [0.1, 0.15) is 0 Å². The fourth-order valence-electron chi connectivity index (χ4n) is 3.40. The predicted molar refractivity (Wildman–Crippen MR) is 130 cm³/mol. The van der Waals surface area contributed by atoms with Crippen LogP contribution in [0.5, 0.6) is 0 Å². The van der Waals surface area contributed by atoms with Gasteiger partial charge in [0.2, 0.25) is 5.91 Å². The summed E-state index contributed by atoms with van der Waals surface area (Å²) in [7, 11) is 0. The fourth-order valence-corrected chi connectivity index (χ4v) is 4.27. The number of halogens is 1. The molecule has 0 unspecified atom stereocenters. The van der Waals surface area contributed by atoms with Crippen LogP contribution in [0.3, 0.4) is 0 Å². The van der Waals surface area contributed by atoms with E-state index in [2.05, 4.69) is 25.5 Å². The average molecular weight is 477 g/mol. The number of thioether (sulfide) groups is 1. The monoisotopic (exact) mass is 476 g/mol. The van der Waals surface area contributed by atoms with Crippen LogP contribution < -0.4 is 11.0 Å². The van der Waals surface area contributed by atoms with Crippen molar-refractivity contribution in [3.05, 3.63) is 88.3 Å². The molecule has 0 aliphatic heterocycles. The first kappa shape index (κ1) is 21.0. The van der Waals surface area contributed by atoms with Crippen molar-refractivity contribution in [2.24, 2.45) is 0 Å². The minimum Gasteiger partial charge on any atom is -0.325 e. The zero-order valence-electron chi connectivity index (χ0n) is 17.1. The number of hydrogen-bond acceptors (Lipinski definition) is 5. The Morgan fingerprint density at radius 1 is 0.970 bits per heavy atom. The van der Waals surface area contributed by atoms with Crippen molar-refractivity contribution in [1.29, 1.82) is 0 Å². The first-order chi connectivity index (χ1) is 16.1. The molecule has 0 atom stereocenters. The van der Waals surface area contributed by atoms with Crippen molar-refractivity contribution < 1.29 is 4.79 Å². The van der Waals surface area contributed by atoms with Gasteiger partial charge in [0.25, 0.3) is 0 Å². The van der Waals surface area contributed by atoms with E-state index in [1.54, 1.807) is 30.3 Å². The van der Waals surface area contributed by atoms with Gasteiger partial charge in [-0.05, 0) is 54.6 Å². The Morgan fingerprint density at radius 2 is 1.73 bits per heavy atom. The second-order valence-electron chi connectivity index (χ2n) is 7.16. The highest BCUT2D eigenvalue weighted by Gasteiger charge is 2.17. The average Bonchev–Trinajstić information content (AvgIpc) is 3.41. The van der Waals surface area contributed by atoms with Crippen LogP contribution in [0.4, 0.5) is 5.69 Å². The highest BCUT2D eigenvalue weighted by Crippen LogP contribution is 2.28. The van der Waals surface area contributed by atoms with Crippen molar-refractivity contribution in [3.63, 3.8) is 0 Å². The first-order valence-electron chi connectivity index (χ1n) is 9.98. The lowest BCUT2D eigenvalue weighted by Gasteiger charge is -2.10. The molecule has 0 aliphatic carbocycles. The first-order valence-corrected chi connectivity index (χ1v) is 11.3. The third-order valence-corrected chi connectivity index (χ3v) is 6.06. The summed E-state index contributed by atoms with van der Waals surface area (Å²) in [5.74, 6) is 0.586. The SMILES string of the molecule is O=C(CSc1nnc(-c2ccc(Cl)cc2)n1-c1ccccc1)Nc1ccc2[nH]c(=O)[nH]c2c1. The normalized spacial score (nSPS) is 11.1. The third kappa shape index (κ3) is 4.55. The molecule has 2 aromatic heterocycles. The maximum atomic E-state index is 12.6. The summed E-state index contributed by atoms with van der Waals surface area (Å²) in [6.45, 7) is 0. The number of para-hydroxylation sites is 1. The summed E-state index contributed by atoms with van der Waals surface area (Å²) in [5.41, 5.74) is 3.36. The number of carbonyl (C=O) groups excluding carboxylic acids is 1. The molecule has 10 heteroatoms. The number of imidazole rings is 1. The summed E-state index contributed by atoms with van der Waals surface area (Å²) in [4.78, 5) is 29.4. The van der Waals surface area contributed by atoms with Crippen molar-refractivity contribution in [2.75, 3.05) is 11.1 Å². The molecule has 0 bridgehead atoms. The van der Waals surface area contributed by atoms with Crippen LogP contribution >= 0.6 is 23.4 Å². The second kappa shape index (κ2) is 8.97. The van der Waals surface area contributed by atoms with Gasteiger partial charge in [-0.2, -0.15) is 0 Å². The molecule has 2 heterocycles. The molecular formula is C23H17ClN6O2S. The lowest BCUT2D eigenvalue weighted by atomic mass is 10.2. The minimum atomic E-state index is -0.291. The summed E-state index contributed by atoms with van der Waals surface area (Å²) < 4.78 is 1.91. The maximum absolute atomic E-state index is 12.6.